The van der Waals surface area contributed by atoms with Crippen LogP contribution in [0.1, 0.15) is 77.6 Å². The van der Waals surface area contributed by atoms with Crippen LogP contribution in [-0.2, 0) is 0 Å². The standard InChI is InChI=1S/C16H29B/c1-2-3-4-5-6-7-14-17-15-10-8-11-16(17)13-9-12-15/h7,14-16H,2-6,8-13H2,1H3/b14-7+. The summed E-state index contributed by atoms with van der Waals surface area (Å²) >= 11 is 0. The van der Waals surface area contributed by atoms with Crippen LogP contribution < -0.4 is 0 Å². The van der Waals surface area contributed by atoms with Crippen LogP contribution in [0.15, 0.2) is 12.1 Å². The molecule has 0 aromatic carbocycles. The summed E-state index contributed by atoms with van der Waals surface area (Å²) in [6.45, 7) is 3.25. The van der Waals surface area contributed by atoms with Crippen LogP contribution in [0.4, 0.5) is 0 Å². The third-order valence-electron chi connectivity index (χ3n) is 4.97. The second kappa shape index (κ2) is 7.29. The second-order valence-electron chi connectivity index (χ2n) is 6.24. The molecule has 0 spiro atoms. The van der Waals surface area contributed by atoms with Crippen molar-refractivity contribution in [2.45, 2.75) is 89.2 Å². The first-order chi connectivity index (χ1) is 8.42. The average molecular weight is 232 g/mol. The fourth-order valence-electron chi connectivity index (χ4n) is 3.98. The number of allylic oxidation sites excluding steroid dienone is 1. The van der Waals surface area contributed by atoms with E-state index in [1.165, 1.54) is 70.6 Å². The van der Waals surface area contributed by atoms with Crippen LogP contribution in [0.3, 0.4) is 0 Å². The molecule has 0 saturated carbocycles. The Hall–Kier alpha value is -0.195. The van der Waals surface area contributed by atoms with Crippen LogP contribution in [0.2, 0.25) is 11.6 Å². The molecule has 2 saturated heterocycles. The van der Waals surface area contributed by atoms with Crippen LogP contribution in [-0.4, -0.2) is 6.71 Å². The first kappa shape index (κ1) is 13.2. The molecule has 0 aromatic heterocycles. The Kier molecular flexibility index (Phi) is 5.68. The molecule has 0 aromatic rings. The lowest BCUT2D eigenvalue weighted by Crippen LogP contribution is -2.32. The normalized spacial score (nSPS) is 28.9. The van der Waals surface area contributed by atoms with Crippen molar-refractivity contribution in [1.29, 1.82) is 0 Å². The molecule has 0 nitrogen and oxygen atoms in total. The smallest absolute Gasteiger partial charge is 0.118 e. The fraction of sp³-hybridized carbons (Fsp3) is 0.875. The monoisotopic (exact) mass is 232 g/mol. The van der Waals surface area contributed by atoms with Crippen molar-refractivity contribution in [1.82, 2.24) is 0 Å². The van der Waals surface area contributed by atoms with Gasteiger partial charge in [0.15, 0.2) is 6.71 Å². The highest BCUT2D eigenvalue weighted by Gasteiger charge is 2.36. The third kappa shape index (κ3) is 3.90. The summed E-state index contributed by atoms with van der Waals surface area (Å²) in [7, 11) is 0. The molecular formula is C16H29B. The van der Waals surface area contributed by atoms with E-state index in [0.29, 0.717) is 0 Å². The molecule has 0 N–H and O–H groups in total. The molecule has 2 rings (SSSR count). The zero-order chi connectivity index (χ0) is 11.9. The van der Waals surface area contributed by atoms with Crippen LogP contribution in [0.5, 0.6) is 0 Å². The lowest BCUT2D eigenvalue weighted by Gasteiger charge is -2.39. The van der Waals surface area contributed by atoms with Gasteiger partial charge in [0.1, 0.15) is 0 Å². The van der Waals surface area contributed by atoms with Gasteiger partial charge in [-0.05, 0) is 12.8 Å². The van der Waals surface area contributed by atoms with Crippen LogP contribution >= 0.6 is 0 Å². The van der Waals surface area contributed by atoms with Gasteiger partial charge in [0.05, 0.1) is 0 Å². The van der Waals surface area contributed by atoms with Crippen molar-refractivity contribution in [3.05, 3.63) is 12.1 Å². The fourth-order valence-corrected chi connectivity index (χ4v) is 3.98. The molecule has 2 fully saturated rings. The van der Waals surface area contributed by atoms with E-state index in [0.717, 1.165) is 18.3 Å². The second-order valence-corrected chi connectivity index (χ2v) is 6.24. The average Bonchev–Trinajstić information content (AvgIpc) is 2.33. The van der Waals surface area contributed by atoms with Crippen LogP contribution in [0.25, 0.3) is 0 Å². The summed E-state index contributed by atoms with van der Waals surface area (Å²) in [4.78, 5) is 0. The minimum atomic E-state index is 0.962. The van der Waals surface area contributed by atoms with Gasteiger partial charge in [-0.25, -0.2) is 0 Å². The first-order valence-electron chi connectivity index (χ1n) is 8.08. The molecule has 0 atom stereocenters. The number of hydrogen-bond donors (Lipinski definition) is 0. The van der Waals surface area contributed by atoms with E-state index < -0.39 is 0 Å². The molecule has 2 heterocycles. The maximum atomic E-state index is 2.61. The van der Waals surface area contributed by atoms with Gasteiger partial charge in [0.25, 0.3) is 0 Å². The van der Waals surface area contributed by atoms with Crippen LogP contribution in [0, 0.1) is 0 Å². The Morgan fingerprint density at radius 1 is 0.941 bits per heavy atom. The predicted octanol–water partition coefficient (Wildman–Crippen LogP) is 5.66. The van der Waals surface area contributed by atoms with Crippen molar-refractivity contribution >= 4 is 6.71 Å². The van der Waals surface area contributed by atoms with Gasteiger partial charge < -0.3 is 0 Å². The molecule has 2 bridgehead atoms. The zero-order valence-electron chi connectivity index (χ0n) is 11.7. The summed E-state index contributed by atoms with van der Waals surface area (Å²) in [6.07, 6.45) is 18.5. The number of unbranched alkanes of at least 4 members (excludes halogenated alkanes) is 4. The van der Waals surface area contributed by atoms with Gasteiger partial charge in [-0.3, -0.25) is 0 Å². The highest BCUT2D eigenvalue weighted by molar-refractivity contribution is 6.67. The molecule has 1 heteroatoms. The predicted molar refractivity (Wildman–Crippen MR) is 78.9 cm³/mol. The quantitative estimate of drug-likeness (QED) is 0.409. The highest BCUT2D eigenvalue weighted by atomic mass is 14.2. The van der Waals surface area contributed by atoms with Crippen molar-refractivity contribution in [2.24, 2.45) is 0 Å². The Morgan fingerprint density at radius 2 is 1.59 bits per heavy atom. The molecule has 0 unspecified atom stereocenters. The summed E-state index contributed by atoms with van der Waals surface area (Å²) in [5.41, 5.74) is 0. The molecular weight excluding hydrogens is 203 g/mol. The van der Waals surface area contributed by atoms with Gasteiger partial charge in [0, 0.05) is 0 Å². The third-order valence-corrected chi connectivity index (χ3v) is 4.97. The molecule has 17 heavy (non-hydrogen) atoms. The van der Waals surface area contributed by atoms with E-state index in [1.807, 2.05) is 0 Å². The zero-order valence-corrected chi connectivity index (χ0v) is 11.7. The summed E-state index contributed by atoms with van der Waals surface area (Å²) in [5, 5.41) is 0. The van der Waals surface area contributed by atoms with E-state index in [2.05, 4.69) is 19.0 Å². The first-order valence-corrected chi connectivity index (χ1v) is 8.08. The minimum Gasteiger partial charge on any atom is -0.118 e. The molecule has 0 aliphatic carbocycles. The van der Waals surface area contributed by atoms with Gasteiger partial charge in [-0.1, -0.05) is 82.4 Å². The lowest BCUT2D eigenvalue weighted by atomic mass is 9.27. The van der Waals surface area contributed by atoms with Gasteiger partial charge >= 0.3 is 0 Å². The Morgan fingerprint density at radius 3 is 2.18 bits per heavy atom. The van der Waals surface area contributed by atoms with Gasteiger partial charge in [-0.15, -0.1) is 5.98 Å². The topological polar surface area (TPSA) is 0 Å². The maximum absolute atomic E-state index is 2.61. The Balaban J connectivity index is 1.71. The number of rotatable bonds is 6. The molecule has 2 aliphatic rings. The van der Waals surface area contributed by atoms with Crippen molar-refractivity contribution < 1.29 is 0 Å². The van der Waals surface area contributed by atoms with E-state index in [1.54, 1.807) is 0 Å². The molecule has 96 valence electrons. The summed E-state index contributed by atoms with van der Waals surface area (Å²) in [5.74, 6) is 4.71. The van der Waals surface area contributed by atoms with Gasteiger partial charge in [-0.2, -0.15) is 0 Å². The SMILES string of the molecule is CCCCCC/C=C/B1C2CCCC1CCC2. The van der Waals surface area contributed by atoms with E-state index in [-0.39, 0.29) is 0 Å². The maximum Gasteiger partial charge on any atom is 0.172 e. The summed E-state index contributed by atoms with van der Waals surface area (Å²) < 4.78 is 0. The highest BCUT2D eigenvalue weighted by Crippen LogP contribution is 2.46. The molecule has 0 amide bonds. The Bertz CT molecular complexity index is 212. The molecule has 0 radical (unpaired) electrons. The van der Waals surface area contributed by atoms with E-state index in [9.17, 15) is 0 Å². The largest absolute Gasteiger partial charge is 0.172 e. The van der Waals surface area contributed by atoms with E-state index in [4.69, 9.17) is 0 Å². The Labute approximate surface area is 108 Å². The van der Waals surface area contributed by atoms with Crippen molar-refractivity contribution in [3.8, 4) is 0 Å². The molecule has 2 aliphatic heterocycles. The number of fused-ring (bicyclic) bond motifs is 2. The lowest BCUT2D eigenvalue weighted by molar-refractivity contribution is 0.447. The summed E-state index contributed by atoms with van der Waals surface area (Å²) in [6, 6.07) is 0. The number of hydrogen-bond acceptors (Lipinski definition) is 0. The van der Waals surface area contributed by atoms with E-state index >= 15 is 0 Å². The van der Waals surface area contributed by atoms with Gasteiger partial charge in [0.2, 0.25) is 0 Å². The van der Waals surface area contributed by atoms with Crippen molar-refractivity contribution in [3.63, 3.8) is 0 Å². The minimum absolute atomic E-state index is 0.962. The van der Waals surface area contributed by atoms with Crippen molar-refractivity contribution in [2.75, 3.05) is 0 Å².